The molecule has 0 aliphatic heterocycles. The van der Waals surface area contributed by atoms with Crippen LogP contribution in [0.4, 0.5) is 0 Å². The largest absolute Gasteiger partial charge is 0.350 e. The third-order valence-electron chi connectivity index (χ3n) is 3.01. The van der Waals surface area contributed by atoms with Crippen molar-refractivity contribution in [2.75, 3.05) is 6.54 Å². The van der Waals surface area contributed by atoms with E-state index in [4.69, 9.17) is 0 Å². The lowest BCUT2D eigenvalue weighted by molar-refractivity contribution is 0.0949. The molecule has 0 aliphatic carbocycles. The Hall–Kier alpha value is -2.69. The Labute approximate surface area is 116 Å². The normalized spacial score (nSPS) is 10.6. The first-order valence-electron chi connectivity index (χ1n) is 6.45. The van der Waals surface area contributed by atoms with E-state index in [0.717, 1.165) is 6.42 Å². The average Bonchev–Trinajstić information content (AvgIpc) is 2.92. The van der Waals surface area contributed by atoms with Crippen LogP contribution in [0.2, 0.25) is 0 Å². The minimum Gasteiger partial charge on any atom is -0.350 e. The van der Waals surface area contributed by atoms with Gasteiger partial charge in [0, 0.05) is 25.0 Å². The summed E-state index contributed by atoms with van der Waals surface area (Å²) in [5, 5.41) is 7.05. The first-order valence-corrected chi connectivity index (χ1v) is 6.45. The highest BCUT2D eigenvalue weighted by Crippen LogP contribution is 2.03. The molecule has 20 heavy (non-hydrogen) atoms. The van der Waals surface area contributed by atoms with E-state index in [9.17, 15) is 4.79 Å². The maximum absolute atomic E-state index is 12.0. The zero-order chi connectivity index (χ0) is 13.8. The molecule has 0 radical (unpaired) electrons. The number of carbonyl (C=O) groups is 1. The summed E-state index contributed by atoms with van der Waals surface area (Å²) in [6.45, 7) is 0.587. The van der Waals surface area contributed by atoms with Crippen molar-refractivity contribution in [3.8, 4) is 0 Å². The Morgan fingerprint density at radius 3 is 2.85 bits per heavy atom. The van der Waals surface area contributed by atoms with Gasteiger partial charge in [0.1, 0.15) is 0 Å². The molecule has 0 aliphatic rings. The van der Waals surface area contributed by atoms with E-state index < -0.39 is 0 Å². The third kappa shape index (κ3) is 2.66. The maximum atomic E-state index is 12.0. The molecule has 0 saturated heterocycles. The molecule has 1 N–H and O–H groups in total. The molecule has 1 aromatic carbocycles. The molecule has 1 amide bonds. The van der Waals surface area contributed by atoms with Crippen LogP contribution in [0.1, 0.15) is 16.1 Å². The SMILES string of the molecule is O=C(NCCc1ccccc1)c1cc2ncccn2n1. The van der Waals surface area contributed by atoms with Crippen molar-refractivity contribution in [2.24, 2.45) is 0 Å². The van der Waals surface area contributed by atoms with Crippen LogP contribution < -0.4 is 5.32 Å². The molecule has 3 aromatic rings. The molecular weight excluding hydrogens is 252 g/mol. The highest BCUT2D eigenvalue weighted by Gasteiger charge is 2.10. The second kappa shape index (κ2) is 5.52. The third-order valence-corrected chi connectivity index (χ3v) is 3.01. The van der Waals surface area contributed by atoms with Gasteiger partial charge in [-0.2, -0.15) is 5.10 Å². The number of amides is 1. The molecule has 5 heteroatoms. The van der Waals surface area contributed by atoms with Gasteiger partial charge in [-0.3, -0.25) is 4.79 Å². The number of fused-ring (bicyclic) bond motifs is 1. The van der Waals surface area contributed by atoms with E-state index >= 15 is 0 Å². The number of nitrogens with one attached hydrogen (secondary N) is 1. The van der Waals surface area contributed by atoms with Crippen molar-refractivity contribution in [3.05, 3.63) is 66.1 Å². The fourth-order valence-electron chi connectivity index (χ4n) is 2.00. The van der Waals surface area contributed by atoms with Crippen molar-refractivity contribution in [1.82, 2.24) is 19.9 Å². The summed E-state index contributed by atoms with van der Waals surface area (Å²) < 4.78 is 1.59. The Morgan fingerprint density at radius 1 is 1.20 bits per heavy atom. The van der Waals surface area contributed by atoms with Crippen LogP contribution in [0.5, 0.6) is 0 Å². The predicted molar refractivity (Wildman–Crippen MR) is 75.5 cm³/mol. The molecule has 0 bridgehead atoms. The molecule has 2 heterocycles. The predicted octanol–water partition coefficient (Wildman–Crippen LogP) is 1.70. The zero-order valence-corrected chi connectivity index (χ0v) is 10.9. The molecule has 5 nitrogen and oxygen atoms in total. The van der Waals surface area contributed by atoms with E-state index in [1.807, 2.05) is 30.3 Å². The molecule has 0 saturated carbocycles. The van der Waals surface area contributed by atoms with Crippen LogP contribution in [-0.2, 0) is 6.42 Å². The van der Waals surface area contributed by atoms with Gasteiger partial charge in [0.05, 0.1) is 0 Å². The zero-order valence-electron chi connectivity index (χ0n) is 10.9. The molecule has 0 spiro atoms. The quantitative estimate of drug-likeness (QED) is 0.782. The van der Waals surface area contributed by atoms with Gasteiger partial charge in [-0.15, -0.1) is 0 Å². The standard InChI is InChI=1S/C15H14N4O/c20-15(17-9-7-12-5-2-1-3-6-12)13-11-14-16-8-4-10-19(14)18-13/h1-6,8,10-11H,7,9H2,(H,17,20). The van der Waals surface area contributed by atoms with Crippen molar-refractivity contribution in [1.29, 1.82) is 0 Å². The van der Waals surface area contributed by atoms with Crippen molar-refractivity contribution < 1.29 is 4.79 Å². The molecule has 0 fully saturated rings. The lowest BCUT2D eigenvalue weighted by Crippen LogP contribution is -2.26. The van der Waals surface area contributed by atoms with Crippen LogP contribution >= 0.6 is 0 Å². The molecule has 2 aromatic heterocycles. The Kier molecular flexibility index (Phi) is 3.41. The monoisotopic (exact) mass is 266 g/mol. The first kappa shape index (κ1) is 12.3. The summed E-state index contributed by atoms with van der Waals surface area (Å²) in [6.07, 6.45) is 4.25. The summed E-state index contributed by atoms with van der Waals surface area (Å²) in [5.74, 6) is -0.175. The van der Waals surface area contributed by atoms with E-state index in [1.54, 1.807) is 29.0 Å². The topological polar surface area (TPSA) is 59.3 Å². The molecule has 100 valence electrons. The smallest absolute Gasteiger partial charge is 0.271 e. The fourth-order valence-corrected chi connectivity index (χ4v) is 2.00. The number of hydrogen-bond donors (Lipinski definition) is 1. The van der Waals surface area contributed by atoms with Crippen LogP contribution in [0.25, 0.3) is 5.65 Å². The lowest BCUT2D eigenvalue weighted by Gasteiger charge is -2.03. The highest BCUT2D eigenvalue weighted by molar-refractivity contribution is 5.93. The number of aromatic nitrogens is 3. The van der Waals surface area contributed by atoms with E-state index in [1.165, 1.54) is 5.56 Å². The average molecular weight is 266 g/mol. The summed E-state index contributed by atoms with van der Waals surface area (Å²) >= 11 is 0. The number of benzene rings is 1. The second-order valence-electron chi connectivity index (χ2n) is 4.44. The van der Waals surface area contributed by atoms with Gasteiger partial charge in [0.25, 0.3) is 5.91 Å². The van der Waals surface area contributed by atoms with Crippen LogP contribution in [0, 0.1) is 0 Å². The van der Waals surface area contributed by atoms with Crippen molar-refractivity contribution >= 4 is 11.6 Å². The minimum absolute atomic E-state index is 0.175. The van der Waals surface area contributed by atoms with Gasteiger partial charge in [-0.05, 0) is 18.1 Å². The number of carbonyl (C=O) groups excluding carboxylic acids is 1. The van der Waals surface area contributed by atoms with Crippen molar-refractivity contribution in [2.45, 2.75) is 6.42 Å². The Bertz CT molecular complexity index is 688. The van der Waals surface area contributed by atoms with E-state index in [0.29, 0.717) is 17.9 Å². The summed E-state index contributed by atoms with van der Waals surface area (Å²) in [4.78, 5) is 16.1. The number of rotatable bonds is 4. The highest BCUT2D eigenvalue weighted by atomic mass is 16.1. The summed E-state index contributed by atoms with van der Waals surface area (Å²) in [6, 6.07) is 13.5. The van der Waals surface area contributed by atoms with Crippen molar-refractivity contribution in [3.63, 3.8) is 0 Å². The number of hydrogen-bond acceptors (Lipinski definition) is 3. The van der Waals surface area contributed by atoms with Crippen LogP contribution in [0.15, 0.2) is 54.9 Å². The lowest BCUT2D eigenvalue weighted by atomic mass is 10.1. The Balaban J connectivity index is 1.61. The fraction of sp³-hybridized carbons (Fsp3) is 0.133. The van der Waals surface area contributed by atoms with Gasteiger partial charge in [0.2, 0.25) is 0 Å². The molecule has 0 atom stereocenters. The van der Waals surface area contributed by atoms with Gasteiger partial charge in [-0.1, -0.05) is 30.3 Å². The minimum atomic E-state index is -0.175. The maximum Gasteiger partial charge on any atom is 0.271 e. The second-order valence-corrected chi connectivity index (χ2v) is 4.44. The van der Waals surface area contributed by atoms with E-state index in [2.05, 4.69) is 15.4 Å². The van der Waals surface area contributed by atoms with Gasteiger partial charge in [-0.25, -0.2) is 9.50 Å². The summed E-state index contributed by atoms with van der Waals surface area (Å²) in [7, 11) is 0. The first-order chi connectivity index (χ1) is 9.83. The van der Waals surface area contributed by atoms with Crippen LogP contribution in [0.3, 0.4) is 0 Å². The molecule has 0 unspecified atom stereocenters. The van der Waals surface area contributed by atoms with E-state index in [-0.39, 0.29) is 5.91 Å². The molecular formula is C15H14N4O. The number of nitrogens with zero attached hydrogens (tertiary/aromatic N) is 3. The van der Waals surface area contributed by atoms with Gasteiger partial charge in [0.15, 0.2) is 11.3 Å². The Morgan fingerprint density at radius 2 is 2.05 bits per heavy atom. The van der Waals surface area contributed by atoms with Crippen LogP contribution in [-0.4, -0.2) is 27.0 Å². The van der Waals surface area contributed by atoms with Gasteiger partial charge < -0.3 is 5.32 Å². The van der Waals surface area contributed by atoms with Gasteiger partial charge >= 0.3 is 0 Å². The molecule has 3 rings (SSSR count). The summed E-state index contributed by atoms with van der Waals surface area (Å²) in [5.41, 5.74) is 2.25.